The molecule has 2 rings (SSSR count). The van der Waals surface area contributed by atoms with Crippen LogP contribution >= 0.6 is 23.2 Å². The Bertz CT molecular complexity index is 447. The fourth-order valence-corrected chi connectivity index (χ4v) is 3.40. The molecule has 1 aliphatic carbocycles. The molecule has 1 aromatic heterocycles. The summed E-state index contributed by atoms with van der Waals surface area (Å²) >= 11 is 12.2. The molecule has 0 bridgehead atoms. The van der Waals surface area contributed by atoms with E-state index in [1.807, 2.05) is 0 Å². The van der Waals surface area contributed by atoms with Crippen molar-refractivity contribution in [3.05, 3.63) is 16.1 Å². The van der Waals surface area contributed by atoms with E-state index in [4.69, 9.17) is 29.0 Å². The lowest BCUT2D eigenvalue weighted by atomic mass is 9.83. The number of hydrazine groups is 1. The second kappa shape index (κ2) is 7.34. The van der Waals surface area contributed by atoms with Crippen molar-refractivity contribution in [3.63, 3.8) is 0 Å². The molecule has 112 valence electrons. The molecule has 0 aromatic carbocycles. The molecule has 1 heterocycles. The summed E-state index contributed by atoms with van der Waals surface area (Å²) in [4.78, 5) is 4.36. The van der Waals surface area contributed by atoms with Gasteiger partial charge in [-0.05, 0) is 31.2 Å². The molecule has 4 nitrogen and oxygen atoms in total. The zero-order valence-corrected chi connectivity index (χ0v) is 13.3. The number of hydrogen-bond donors (Lipinski definition) is 3. The van der Waals surface area contributed by atoms with Gasteiger partial charge in [-0.25, -0.2) is 10.8 Å². The van der Waals surface area contributed by atoms with Gasteiger partial charge < -0.3 is 10.7 Å². The molecule has 1 fully saturated rings. The lowest BCUT2D eigenvalue weighted by Gasteiger charge is -2.31. The molecule has 1 aliphatic rings. The number of hydrogen-bond acceptors (Lipinski definition) is 4. The summed E-state index contributed by atoms with van der Waals surface area (Å²) in [6.45, 7) is 2.19. The molecule has 0 aliphatic heterocycles. The highest BCUT2D eigenvalue weighted by atomic mass is 35.5. The smallest absolute Gasteiger partial charge is 0.161 e. The Morgan fingerprint density at radius 3 is 2.50 bits per heavy atom. The van der Waals surface area contributed by atoms with Gasteiger partial charge in [0.15, 0.2) is 5.82 Å². The first kappa shape index (κ1) is 15.7. The molecule has 1 unspecified atom stereocenters. The van der Waals surface area contributed by atoms with Crippen LogP contribution in [0.25, 0.3) is 0 Å². The van der Waals surface area contributed by atoms with Crippen LogP contribution in [0.4, 0.5) is 11.6 Å². The van der Waals surface area contributed by atoms with Crippen LogP contribution in [0.15, 0.2) is 6.07 Å². The lowest BCUT2D eigenvalue weighted by Crippen LogP contribution is -2.30. The minimum atomic E-state index is 0.395. The van der Waals surface area contributed by atoms with Crippen molar-refractivity contribution in [2.75, 3.05) is 10.7 Å². The molecular weight excluding hydrogens is 295 g/mol. The summed E-state index contributed by atoms with van der Waals surface area (Å²) in [5.74, 6) is 7.20. The number of anilines is 2. The summed E-state index contributed by atoms with van der Waals surface area (Å²) in [7, 11) is 0. The topological polar surface area (TPSA) is 63.0 Å². The summed E-state index contributed by atoms with van der Waals surface area (Å²) in [5.41, 5.74) is 2.49. The van der Waals surface area contributed by atoms with E-state index in [9.17, 15) is 0 Å². The second-order valence-corrected chi connectivity index (χ2v) is 6.17. The van der Waals surface area contributed by atoms with E-state index < -0.39 is 0 Å². The molecule has 1 saturated carbocycles. The minimum absolute atomic E-state index is 0.395. The quantitative estimate of drug-likeness (QED) is 0.555. The standard InChI is InChI=1S/C14H22Cl2N4/c1-2-12(9-6-4-3-5-7-9)18-13-10(15)8-11(16)14(19-13)20-17/h8-9,12H,2-7,17H2,1H3,(H2,18,19,20). The molecule has 6 heteroatoms. The molecule has 4 N–H and O–H groups in total. The monoisotopic (exact) mass is 316 g/mol. The van der Waals surface area contributed by atoms with Crippen molar-refractivity contribution in [2.24, 2.45) is 11.8 Å². The zero-order chi connectivity index (χ0) is 14.5. The first-order valence-electron chi connectivity index (χ1n) is 7.25. The maximum atomic E-state index is 6.22. The SMILES string of the molecule is CCC(Nc1nc(NN)c(Cl)cc1Cl)C1CCCCC1. The highest BCUT2D eigenvalue weighted by molar-refractivity contribution is 6.37. The minimum Gasteiger partial charge on any atom is -0.366 e. The van der Waals surface area contributed by atoms with Gasteiger partial charge in [-0.3, -0.25) is 0 Å². The van der Waals surface area contributed by atoms with E-state index in [0.717, 1.165) is 6.42 Å². The Morgan fingerprint density at radius 1 is 1.25 bits per heavy atom. The number of rotatable bonds is 5. The fraction of sp³-hybridized carbons (Fsp3) is 0.643. The van der Waals surface area contributed by atoms with Crippen molar-refractivity contribution in [2.45, 2.75) is 51.5 Å². The number of nitrogens with two attached hydrogens (primary N) is 1. The third-order valence-electron chi connectivity index (χ3n) is 4.05. The number of halogens is 2. The van der Waals surface area contributed by atoms with E-state index in [0.29, 0.717) is 33.6 Å². The molecule has 0 spiro atoms. The maximum absolute atomic E-state index is 6.22. The first-order valence-corrected chi connectivity index (χ1v) is 8.00. The predicted octanol–water partition coefficient (Wildman–Crippen LogP) is 4.44. The summed E-state index contributed by atoms with van der Waals surface area (Å²) < 4.78 is 0. The Balaban J connectivity index is 2.14. The van der Waals surface area contributed by atoms with E-state index in [1.54, 1.807) is 6.07 Å². The van der Waals surface area contributed by atoms with Gasteiger partial charge in [0.25, 0.3) is 0 Å². The lowest BCUT2D eigenvalue weighted by molar-refractivity contribution is 0.312. The first-order chi connectivity index (χ1) is 9.65. The Labute approximate surface area is 130 Å². The van der Waals surface area contributed by atoms with Crippen LogP contribution in [-0.2, 0) is 0 Å². The molecule has 20 heavy (non-hydrogen) atoms. The van der Waals surface area contributed by atoms with Gasteiger partial charge in [0, 0.05) is 6.04 Å². The highest BCUT2D eigenvalue weighted by Gasteiger charge is 2.23. The van der Waals surface area contributed by atoms with Crippen LogP contribution in [0.3, 0.4) is 0 Å². The average Bonchev–Trinajstić information content (AvgIpc) is 2.47. The van der Waals surface area contributed by atoms with E-state index >= 15 is 0 Å². The third-order valence-corrected chi connectivity index (χ3v) is 4.62. The van der Waals surface area contributed by atoms with Crippen molar-refractivity contribution < 1.29 is 0 Å². The predicted molar refractivity (Wildman–Crippen MR) is 86.3 cm³/mol. The van der Waals surface area contributed by atoms with Gasteiger partial charge in [-0.15, -0.1) is 0 Å². The number of nitrogens with zero attached hydrogens (tertiary/aromatic N) is 1. The Kier molecular flexibility index (Phi) is 5.75. The fourth-order valence-electron chi connectivity index (χ4n) is 2.93. The van der Waals surface area contributed by atoms with Crippen LogP contribution in [0.2, 0.25) is 10.0 Å². The van der Waals surface area contributed by atoms with Crippen molar-refractivity contribution in [1.29, 1.82) is 0 Å². The molecule has 0 radical (unpaired) electrons. The third kappa shape index (κ3) is 3.68. The Morgan fingerprint density at radius 2 is 1.90 bits per heavy atom. The molecule has 0 saturated heterocycles. The second-order valence-electron chi connectivity index (χ2n) is 5.35. The van der Waals surface area contributed by atoms with Gasteiger partial charge >= 0.3 is 0 Å². The molecule has 1 atom stereocenters. The van der Waals surface area contributed by atoms with E-state index in [1.165, 1.54) is 32.1 Å². The summed E-state index contributed by atoms with van der Waals surface area (Å²) in [6.07, 6.45) is 7.60. The van der Waals surface area contributed by atoms with Gasteiger partial charge in [0.1, 0.15) is 5.82 Å². The van der Waals surface area contributed by atoms with Crippen LogP contribution in [0, 0.1) is 5.92 Å². The number of pyridine rings is 1. The highest BCUT2D eigenvalue weighted by Crippen LogP contribution is 2.33. The van der Waals surface area contributed by atoms with E-state index in [2.05, 4.69) is 22.7 Å². The van der Waals surface area contributed by atoms with Crippen molar-refractivity contribution in [3.8, 4) is 0 Å². The Hall–Kier alpha value is -0.710. The molecule has 0 amide bonds. The summed E-state index contributed by atoms with van der Waals surface area (Å²) in [6, 6.07) is 2.06. The largest absolute Gasteiger partial charge is 0.366 e. The van der Waals surface area contributed by atoms with Gasteiger partial charge in [-0.2, -0.15) is 0 Å². The van der Waals surface area contributed by atoms with Crippen molar-refractivity contribution in [1.82, 2.24) is 4.98 Å². The van der Waals surface area contributed by atoms with Crippen LogP contribution in [0.1, 0.15) is 45.4 Å². The number of nitrogens with one attached hydrogen (secondary N) is 2. The van der Waals surface area contributed by atoms with Crippen LogP contribution in [0.5, 0.6) is 0 Å². The maximum Gasteiger partial charge on any atom is 0.161 e. The van der Waals surface area contributed by atoms with Gasteiger partial charge in [0.2, 0.25) is 0 Å². The molecule has 1 aromatic rings. The average molecular weight is 317 g/mol. The zero-order valence-electron chi connectivity index (χ0n) is 11.8. The van der Waals surface area contributed by atoms with E-state index in [-0.39, 0.29) is 0 Å². The van der Waals surface area contributed by atoms with Crippen LogP contribution < -0.4 is 16.6 Å². The van der Waals surface area contributed by atoms with Crippen molar-refractivity contribution >= 4 is 34.8 Å². The molecular formula is C14H22Cl2N4. The summed E-state index contributed by atoms with van der Waals surface area (Å²) in [5, 5.41) is 4.43. The van der Waals surface area contributed by atoms with Gasteiger partial charge in [-0.1, -0.05) is 49.4 Å². The number of nitrogen functional groups attached to an aromatic ring is 1. The van der Waals surface area contributed by atoms with Crippen LogP contribution in [-0.4, -0.2) is 11.0 Å². The van der Waals surface area contributed by atoms with Gasteiger partial charge in [0.05, 0.1) is 10.0 Å². The normalized spacial score (nSPS) is 17.8. The number of aromatic nitrogens is 1.